The maximum atomic E-state index is 11.2. The number of aliphatic hydroxyl groups excluding tert-OH is 1. The molecule has 1 aliphatic rings. The van der Waals surface area contributed by atoms with E-state index in [0.717, 1.165) is 6.92 Å². The normalized spacial score (nSPS) is 30.1. The van der Waals surface area contributed by atoms with E-state index in [9.17, 15) is 31.3 Å². The van der Waals surface area contributed by atoms with Crippen LogP contribution in [0, 0.1) is 0 Å². The van der Waals surface area contributed by atoms with Gasteiger partial charge in [-0.05, 0) is 0 Å². The van der Waals surface area contributed by atoms with Crippen molar-refractivity contribution in [2.45, 2.75) is 37.6 Å². The number of amides is 1. The summed E-state index contributed by atoms with van der Waals surface area (Å²) in [4.78, 5) is 29.0. The Morgan fingerprint density at radius 2 is 1.74 bits per heavy atom. The highest BCUT2D eigenvalue weighted by atomic mass is 32.3. The highest BCUT2D eigenvalue weighted by Gasteiger charge is 2.50. The third-order valence-electron chi connectivity index (χ3n) is 2.90. The molecule has 0 saturated carbocycles. The van der Waals surface area contributed by atoms with Gasteiger partial charge in [0.25, 0.3) is 0 Å². The van der Waals surface area contributed by atoms with Crippen LogP contribution in [0.3, 0.4) is 0 Å². The Morgan fingerprint density at radius 3 is 2.15 bits per heavy atom. The standard InChI is InChI=1S/C8H16NO15PS2/c1-3(10)9-5-6(11)7(24-27(18,19)20)4(2-21-26(15,16)17)22-8(5)23-25(12,13)14/h4-8,11H,2H2,1H3,(H,9,10)(H2,12,13,14)(H,15,16,17)(H,18,19,20)/t4-,5-,6-,7+,8?/m1/s1. The number of carbonyl (C=O) groups is 1. The summed E-state index contributed by atoms with van der Waals surface area (Å²) in [6, 6.07) is -1.83. The van der Waals surface area contributed by atoms with E-state index in [1.54, 1.807) is 0 Å². The fourth-order valence-electron chi connectivity index (χ4n) is 2.08. The van der Waals surface area contributed by atoms with Crippen molar-refractivity contribution in [3.05, 3.63) is 0 Å². The molecule has 27 heavy (non-hydrogen) atoms. The van der Waals surface area contributed by atoms with Crippen LogP contribution in [0.1, 0.15) is 6.92 Å². The quantitative estimate of drug-likeness (QED) is 0.153. The van der Waals surface area contributed by atoms with Crippen molar-refractivity contribution >= 4 is 34.5 Å². The van der Waals surface area contributed by atoms with Gasteiger partial charge in [-0.25, -0.2) is 12.9 Å². The molecule has 1 fully saturated rings. The number of rotatable bonds is 8. The number of phosphoric acid groups is 1. The molecule has 0 aromatic rings. The lowest BCUT2D eigenvalue weighted by Gasteiger charge is -2.43. The van der Waals surface area contributed by atoms with E-state index in [4.69, 9.17) is 23.6 Å². The van der Waals surface area contributed by atoms with Crippen LogP contribution >= 0.6 is 7.82 Å². The van der Waals surface area contributed by atoms with Crippen molar-refractivity contribution in [1.29, 1.82) is 0 Å². The van der Waals surface area contributed by atoms with E-state index in [2.05, 4.69) is 12.9 Å². The number of phosphoric ester groups is 1. The molecule has 0 aromatic carbocycles. The summed E-state index contributed by atoms with van der Waals surface area (Å²) in [5.41, 5.74) is 0. The van der Waals surface area contributed by atoms with Gasteiger partial charge in [0.05, 0.1) is 6.61 Å². The number of hydrogen-bond acceptors (Lipinski definition) is 11. The average Bonchev–Trinajstić information content (AvgIpc) is 2.40. The van der Waals surface area contributed by atoms with Crippen molar-refractivity contribution in [2.75, 3.05) is 6.61 Å². The van der Waals surface area contributed by atoms with Gasteiger partial charge in [-0.2, -0.15) is 16.8 Å². The largest absolute Gasteiger partial charge is 0.472 e. The number of hydrogen-bond donors (Lipinski definition) is 6. The van der Waals surface area contributed by atoms with E-state index >= 15 is 0 Å². The summed E-state index contributed by atoms with van der Waals surface area (Å²) in [5, 5.41) is 12.2. The monoisotopic (exact) mass is 461 g/mol. The molecule has 1 heterocycles. The second-order valence-corrected chi connectivity index (χ2v) is 8.39. The van der Waals surface area contributed by atoms with Crippen LogP contribution in [-0.2, 0) is 47.8 Å². The molecule has 0 bridgehead atoms. The minimum atomic E-state index is -5.28. The maximum Gasteiger partial charge on any atom is 0.472 e. The summed E-state index contributed by atoms with van der Waals surface area (Å²) in [6.07, 6.45) is -8.42. The van der Waals surface area contributed by atoms with Crippen LogP contribution in [0.25, 0.3) is 0 Å². The molecule has 19 heteroatoms. The van der Waals surface area contributed by atoms with E-state index in [0.29, 0.717) is 0 Å². The topological polar surface area (TPSA) is 253 Å². The summed E-state index contributed by atoms with van der Waals surface area (Å²) < 4.78 is 88.9. The number of nitrogens with one attached hydrogen (secondary N) is 1. The molecule has 0 aromatic heterocycles. The molecule has 5 atom stereocenters. The minimum Gasteiger partial charge on any atom is -0.388 e. The lowest BCUT2D eigenvalue weighted by atomic mass is 9.97. The molecule has 16 nitrogen and oxygen atoms in total. The van der Waals surface area contributed by atoms with Crippen molar-refractivity contribution < 1.29 is 67.8 Å². The molecule has 1 unspecified atom stereocenters. The van der Waals surface area contributed by atoms with Crippen molar-refractivity contribution in [3.8, 4) is 0 Å². The molecule has 0 spiro atoms. The lowest BCUT2D eigenvalue weighted by Crippen LogP contribution is -2.65. The SMILES string of the molecule is CC(=O)N[C@H]1C(OP(=O)(O)O)O[C@H](COS(=O)(=O)O)[C@H](OS(=O)(=O)O)[C@@H]1O. The van der Waals surface area contributed by atoms with Crippen molar-refractivity contribution in [3.63, 3.8) is 0 Å². The summed E-state index contributed by atoms with van der Waals surface area (Å²) in [5.74, 6) is -0.875. The van der Waals surface area contributed by atoms with Gasteiger partial charge >= 0.3 is 28.6 Å². The van der Waals surface area contributed by atoms with Crippen LogP contribution < -0.4 is 5.32 Å². The fourth-order valence-corrected chi connectivity index (χ4v) is 3.36. The second kappa shape index (κ2) is 8.72. The first-order valence-electron chi connectivity index (χ1n) is 6.60. The Bertz CT molecular complexity index is 789. The zero-order valence-corrected chi connectivity index (χ0v) is 15.7. The van der Waals surface area contributed by atoms with Crippen molar-refractivity contribution in [1.82, 2.24) is 5.32 Å². The molecular weight excluding hydrogens is 445 g/mol. The van der Waals surface area contributed by atoms with Gasteiger partial charge in [-0.3, -0.25) is 18.4 Å². The predicted octanol–water partition coefficient (Wildman–Crippen LogP) is -3.31. The highest BCUT2D eigenvalue weighted by molar-refractivity contribution is 7.81. The van der Waals surface area contributed by atoms with E-state index in [-0.39, 0.29) is 0 Å². The Kier molecular flexibility index (Phi) is 7.84. The minimum absolute atomic E-state index is 0.875. The molecule has 1 aliphatic heterocycles. The van der Waals surface area contributed by atoms with E-state index in [1.165, 1.54) is 0 Å². The molecule has 6 N–H and O–H groups in total. The second-order valence-electron chi connectivity index (χ2n) is 5.06. The molecule has 1 rings (SSSR count). The Morgan fingerprint density at radius 1 is 1.19 bits per heavy atom. The van der Waals surface area contributed by atoms with Crippen LogP contribution in [-0.4, -0.2) is 84.0 Å². The first-order chi connectivity index (χ1) is 12.0. The Balaban J connectivity index is 3.24. The van der Waals surface area contributed by atoms with Gasteiger partial charge in [-0.15, -0.1) is 0 Å². The zero-order valence-electron chi connectivity index (χ0n) is 13.2. The molecule has 0 aliphatic carbocycles. The van der Waals surface area contributed by atoms with Crippen LogP contribution in [0.4, 0.5) is 0 Å². The number of aliphatic hydroxyl groups is 1. The molecule has 160 valence electrons. The predicted molar refractivity (Wildman–Crippen MR) is 79.3 cm³/mol. The summed E-state index contributed by atoms with van der Waals surface area (Å²) in [6.45, 7) is -0.308. The first kappa shape index (κ1) is 24.3. The van der Waals surface area contributed by atoms with E-state index < -0.39 is 71.8 Å². The van der Waals surface area contributed by atoms with Gasteiger partial charge in [0, 0.05) is 6.92 Å². The number of carbonyl (C=O) groups excluding carboxylic acids is 1. The molecular formula is C8H16NO15PS2. The van der Waals surface area contributed by atoms with Crippen LogP contribution in [0.2, 0.25) is 0 Å². The van der Waals surface area contributed by atoms with Gasteiger partial charge in [0.2, 0.25) is 5.91 Å². The van der Waals surface area contributed by atoms with Crippen LogP contribution in [0.5, 0.6) is 0 Å². The van der Waals surface area contributed by atoms with Gasteiger partial charge in [0.15, 0.2) is 6.29 Å². The van der Waals surface area contributed by atoms with Crippen LogP contribution in [0.15, 0.2) is 0 Å². The van der Waals surface area contributed by atoms with Gasteiger partial charge in [0.1, 0.15) is 24.4 Å². The fraction of sp³-hybridized carbons (Fsp3) is 0.875. The number of ether oxygens (including phenoxy) is 1. The first-order valence-corrected chi connectivity index (χ1v) is 10.9. The smallest absolute Gasteiger partial charge is 0.388 e. The van der Waals surface area contributed by atoms with Gasteiger partial charge < -0.3 is 24.9 Å². The molecule has 1 saturated heterocycles. The van der Waals surface area contributed by atoms with E-state index in [1.807, 2.05) is 5.32 Å². The Hall–Kier alpha value is -0.760. The lowest BCUT2D eigenvalue weighted by molar-refractivity contribution is -0.241. The summed E-state index contributed by atoms with van der Waals surface area (Å²) >= 11 is 0. The van der Waals surface area contributed by atoms with Gasteiger partial charge in [-0.1, -0.05) is 0 Å². The third kappa shape index (κ3) is 8.85. The highest BCUT2D eigenvalue weighted by Crippen LogP contribution is 2.41. The average molecular weight is 461 g/mol. The zero-order chi connectivity index (χ0) is 21.2. The summed E-state index contributed by atoms with van der Waals surface area (Å²) in [7, 11) is -15.6. The molecule has 0 radical (unpaired) electrons. The third-order valence-corrected chi connectivity index (χ3v) is 4.28. The maximum absolute atomic E-state index is 11.2. The Labute approximate surface area is 152 Å². The van der Waals surface area contributed by atoms with Crippen molar-refractivity contribution in [2.24, 2.45) is 0 Å². The molecule has 1 amide bonds.